The van der Waals surface area contributed by atoms with E-state index in [9.17, 15) is 4.79 Å². The van der Waals surface area contributed by atoms with Gasteiger partial charge in [0.15, 0.2) is 0 Å². The maximum Gasteiger partial charge on any atom is 0.255 e. The maximum atomic E-state index is 12.2. The van der Waals surface area contributed by atoms with Gasteiger partial charge in [-0.2, -0.15) is 5.10 Å². The zero-order valence-corrected chi connectivity index (χ0v) is 15.8. The SMILES string of the molecule is CCc1nnc2nc(-c3ccc(NC(=O)c4ccncc4)cc3)cn2c1CC. The molecule has 0 aliphatic carbocycles. The first kappa shape index (κ1) is 17.8. The number of aromatic nitrogens is 5. The number of fused-ring (bicyclic) bond motifs is 1. The number of amides is 1. The molecule has 140 valence electrons. The van der Waals surface area contributed by atoms with E-state index in [0.717, 1.165) is 41.2 Å². The summed E-state index contributed by atoms with van der Waals surface area (Å²) >= 11 is 0. The number of rotatable bonds is 5. The van der Waals surface area contributed by atoms with Gasteiger partial charge in [-0.1, -0.05) is 26.0 Å². The Balaban J connectivity index is 1.59. The fraction of sp³-hybridized carbons (Fsp3) is 0.190. The van der Waals surface area contributed by atoms with Gasteiger partial charge in [0.2, 0.25) is 0 Å². The first-order valence-corrected chi connectivity index (χ1v) is 9.25. The lowest BCUT2D eigenvalue weighted by molar-refractivity contribution is 0.102. The van der Waals surface area contributed by atoms with Crippen LogP contribution in [0.15, 0.2) is 55.0 Å². The number of anilines is 1. The number of nitrogens with one attached hydrogen (secondary N) is 1. The largest absolute Gasteiger partial charge is 0.322 e. The number of imidazole rings is 1. The van der Waals surface area contributed by atoms with Crippen molar-refractivity contribution in [3.8, 4) is 11.3 Å². The molecule has 0 fully saturated rings. The Morgan fingerprint density at radius 2 is 1.75 bits per heavy atom. The number of nitrogens with zero attached hydrogens (tertiary/aromatic N) is 5. The molecule has 1 aromatic carbocycles. The molecule has 3 heterocycles. The van der Waals surface area contributed by atoms with Crippen LogP contribution in [0.5, 0.6) is 0 Å². The molecular weight excluding hydrogens is 352 g/mol. The number of aryl methyl sites for hydroxylation is 2. The van der Waals surface area contributed by atoms with Gasteiger partial charge in [0, 0.05) is 41.1 Å². The summed E-state index contributed by atoms with van der Waals surface area (Å²) in [7, 11) is 0. The average molecular weight is 372 g/mol. The summed E-state index contributed by atoms with van der Waals surface area (Å²) in [6.07, 6.45) is 6.89. The number of carbonyl (C=O) groups is 1. The lowest BCUT2D eigenvalue weighted by atomic mass is 10.1. The molecule has 0 atom stereocenters. The van der Waals surface area contributed by atoms with Gasteiger partial charge < -0.3 is 5.32 Å². The summed E-state index contributed by atoms with van der Waals surface area (Å²) in [5, 5.41) is 11.4. The molecule has 4 rings (SSSR count). The lowest BCUT2D eigenvalue weighted by Gasteiger charge is -2.06. The third-order valence-corrected chi connectivity index (χ3v) is 4.62. The van der Waals surface area contributed by atoms with Crippen LogP contribution in [-0.2, 0) is 12.8 Å². The Hall–Kier alpha value is -3.61. The topological polar surface area (TPSA) is 85.1 Å². The molecule has 0 aliphatic heterocycles. The number of carbonyl (C=O) groups excluding carboxylic acids is 1. The number of pyridine rings is 1. The van der Waals surface area contributed by atoms with E-state index in [4.69, 9.17) is 0 Å². The fourth-order valence-corrected chi connectivity index (χ4v) is 3.16. The van der Waals surface area contributed by atoms with E-state index in [1.807, 2.05) is 34.9 Å². The van der Waals surface area contributed by atoms with E-state index in [1.54, 1.807) is 24.5 Å². The van der Waals surface area contributed by atoms with Crippen molar-refractivity contribution in [2.24, 2.45) is 0 Å². The van der Waals surface area contributed by atoms with Gasteiger partial charge in [0.1, 0.15) is 0 Å². The van der Waals surface area contributed by atoms with Crippen LogP contribution in [-0.4, -0.2) is 30.5 Å². The summed E-state index contributed by atoms with van der Waals surface area (Å²) in [6, 6.07) is 11.0. The van der Waals surface area contributed by atoms with E-state index in [2.05, 4.69) is 39.3 Å². The first-order chi connectivity index (χ1) is 13.7. The van der Waals surface area contributed by atoms with Crippen molar-refractivity contribution in [2.75, 3.05) is 5.32 Å². The predicted molar refractivity (Wildman–Crippen MR) is 107 cm³/mol. The summed E-state index contributed by atoms with van der Waals surface area (Å²) in [4.78, 5) is 20.8. The normalized spacial score (nSPS) is 10.9. The van der Waals surface area contributed by atoms with Crippen molar-refractivity contribution in [2.45, 2.75) is 26.7 Å². The van der Waals surface area contributed by atoms with Crippen LogP contribution in [0.25, 0.3) is 17.0 Å². The van der Waals surface area contributed by atoms with Crippen molar-refractivity contribution in [3.05, 3.63) is 71.9 Å². The maximum absolute atomic E-state index is 12.2. The Morgan fingerprint density at radius 1 is 1.00 bits per heavy atom. The van der Waals surface area contributed by atoms with E-state index >= 15 is 0 Å². The van der Waals surface area contributed by atoms with Crippen LogP contribution < -0.4 is 5.32 Å². The van der Waals surface area contributed by atoms with Gasteiger partial charge in [0.25, 0.3) is 11.7 Å². The minimum absolute atomic E-state index is 0.169. The Kier molecular flexibility index (Phi) is 4.80. The highest BCUT2D eigenvalue weighted by Crippen LogP contribution is 2.22. The second-order valence-electron chi connectivity index (χ2n) is 6.36. The molecule has 0 saturated heterocycles. The predicted octanol–water partition coefficient (Wildman–Crippen LogP) is 3.56. The van der Waals surface area contributed by atoms with Crippen molar-refractivity contribution in [1.82, 2.24) is 24.6 Å². The van der Waals surface area contributed by atoms with E-state index < -0.39 is 0 Å². The van der Waals surface area contributed by atoms with Gasteiger partial charge in [-0.3, -0.25) is 14.2 Å². The summed E-state index contributed by atoms with van der Waals surface area (Å²) in [6.45, 7) is 4.18. The monoisotopic (exact) mass is 372 g/mol. The molecule has 0 bridgehead atoms. The van der Waals surface area contributed by atoms with Crippen molar-refractivity contribution < 1.29 is 4.79 Å². The van der Waals surface area contributed by atoms with E-state index in [0.29, 0.717) is 11.3 Å². The first-order valence-electron chi connectivity index (χ1n) is 9.25. The third kappa shape index (κ3) is 3.34. The molecule has 1 amide bonds. The van der Waals surface area contributed by atoms with E-state index in [-0.39, 0.29) is 5.91 Å². The minimum Gasteiger partial charge on any atom is -0.322 e. The van der Waals surface area contributed by atoms with Crippen LogP contribution in [0, 0.1) is 0 Å². The molecule has 0 saturated carbocycles. The molecule has 7 heteroatoms. The molecule has 0 aliphatic rings. The Labute approximate surface area is 162 Å². The molecule has 1 N–H and O–H groups in total. The molecular formula is C21H20N6O. The summed E-state index contributed by atoms with van der Waals surface area (Å²) in [5.41, 5.74) is 5.19. The average Bonchev–Trinajstić information content (AvgIpc) is 3.18. The van der Waals surface area contributed by atoms with Gasteiger partial charge in [-0.05, 0) is 37.1 Å². The Bertz CT molecular complexity index is 1120. The molecule has 4 aromatic rings. The second kappa shape index (κ2) is 7.56. The van der Waals surface area contributed by atoms with Gasteiger partial charge in [-0.25, -0.2) is 4.98 Å². The molecule has 0 spiro atoms. The lowest BCUT2D eigenvalue weighted by Crippen LogP contribution is -2.11. The third-order valence-electron chi connectivity index (χ3n) is 4.62. The summed E-state index contributed by atoms with van der Waals surface area (Å²) in [5.74, 6) is 0.428. The Morgan fingerprint density at radius 3 is 2.43 bits per heavy atom. The molecule has 28 heavy (non-hydrogen) atoms. The molecule has 0 radical (unpaired) electrons. The van der Waals surface area contributed by atoms with Crippen LogP contribution >= 0.6 is 0 Å². The van der Waals surface area contributed by atoms with Gasteiger partial charge in [-0.15, -0.1) is 5.10 Å². The van der Waals surface area contributed by atoms with Crippen LogP contribution in [0.1, 0.15) is 35.6 Å². The number of hydrogen-bond donors (Lipinski definition) is 1. The fourth-order valence-electron chi connectivity index (χ4n) is 3.16. The van der Waals surface area contributed by atoms with Crippen molar-refractivity contribution >= 4 is 17.4 Å². The highest BCUT2D eigenvalue weighted by Gasteiger charge is 2.12. The minimum atomic E-state index is -0.169. The smallest absolute Gasteiger partial charge is 0.255 e. The highest BCUT2D eigenvalue weighted by molar-refractivity contribution is 6.04. The van der Waals surface area contributed by atoms with Crippen LogP contribution in [0.2, 0.25) is 0 Å². The van der Waals surface area contributed by atoms with Gasteiger partial charge in [0.05, 0.1) is 11.4 Å². The van der Waals surface area contributed by atoms with Gasteiger partial charge >= 0.3 is 0 Å². The van der Waals surface area contributed by atoms with E-state index in [1.165, 1.54) is 0 Å². The van der Waals surface area contributed by atoms with Crippen molar-refractivity contribution in [1.29, 1.82) is 0 Å². The zero-order chi connectivity index (χ0) is 19.5. The highest BCUT2D eigenvalue weighted by atomic mass is 16.1. The zero-order valence-electron chi connectivity index (χ0n) is 15.8. The van der Waals surface area contributed by atoms with Crippen LogP contribution in [0.3, 0.4) is 0 Å². The standard InChI is InChI=1S/C21H20N6O/c1-3-17-19(4-2)27-13-18(24-21(27)26-25-17)14-5-7-16(8-6-14)23-20(28)15-9-11-22-12-10-15/h5-13H,3-4H2,1-2H3,(H,23,28). The number of hydrogen-bond acceptors (Lipinski definition) is 5. The summed E-state index contributed by atoms with van der Waals surface area (Å²) < 4.78 is 2.01. The molecule has 7 nitrogen and oxygen atoms in total. The molecule has 3 aromatic heterocycles. The number of benzene rings is 1. The van der Waals surface area contributed by atoms with Crippen LogP contribution in [0.4, 0.5) is 5.69 Å². The molecule has 0 unspecified atom stereocenters. The quantitative estimate of drug-likeness (QED) is 0.579. The second-order valence-corrected chi connectivity index (χ2v) is 6.36. The van der Waals surface area contributed by atoms with Crippen molar-refractivity contribution in [3.63, 3.8) is 0 Å².